The van der Waals surface area contributed by atoms with Crippen molar-refractivity contribution in [2.75, 3.05) is 6.61 Å². The number of carbonyl (C=O) groups excluding carboxylic acids is 2. The van der Waals surface area contributed by atoms with Gasteiger partial charge in [0.1, 0.15) is 5.82 Å². The van der Waals surface area contributed by atoms with E-state index in [4.69, 9.17) is 4.74 Å². The number of halogens is 1. The van der Waals surface area contributed by atoms with E-state index in [-0.39, 0.29) is 18.4 Å². The van der Waals surface area contributed by atoms with E-state index in [1.165, 1.54) is 24.3 Å². The van der Waals surface area contributed by atoms with Gasteiger partial charge >= 0.3 is 6.09 Å². The lowest BCUT2D eigenvalue weighted by atomic mass is 10.1. The maximum absolute atomic E-state index is 12.6. The van der Waals surface area contributed by atoms with Crippen molar-refractivity contribution in [2.45, 2.75) is 19.9 Å². The molecule has 0 spiro atoms. The molecule has 0 atom stereocenters. The van der Waals surface area contributed by atoms with Crippen molar-refractivity contribution in [2.24, 2.45) is 0 Å². The van der Waals surface area contributed by atoms with Crippen molar-refractivity contribution in [1.29, 1.82) is 0 Å². The highest BCUT2D eigenvalue weighted by Gasteiger charge is 2.10. The van der Waals surface area contributed by atoms with Crippen LogP contribution in [0.2, 0.25) is 0 Å². The number of carbonyl (C=O) groups is 2. The third-order valence-corrected chi connectivity index (χ3v) is 1.91. The van der Waals surface area contributed by atoms with E-state index in [2.05, 4.69) is 5.32 Å². The van der Waals surface area contributed by atoms with Gasteiger partial charge in [-0.1, -0.05) is 0 Å². The number of hydrogen-bond acceptors (Lipinski definition) is 3. The van der Waals surface area contributed by atoms with Crippen molar-refractivity contribution in [3.05, 3.63) is 35.6 Å². The zero-order chi connectivity index (χ0) is 12.8. The summed E-state index contributed by atoms with van der Waals surface area (Å²) < 4.78 is 17.3. The largest absolute Gasteiger partial charge is 0.441 e. The molecule has 1 N–H and O–H groups in total. The molecule has 0 heterocycles. The Morgan fingerprint density at radius 1 is 1.29 bits per heavy atom. The number of ether oxygens (including phenoxy) is 1. The van der Waals surface area contributed by atoms with Gasteiger partial charge in [-0.3, -0.25) is 4.79 Å². The normalized spacial score (nSPS) is 10.1. The standard InChI is InChI=1S/C12H14FNO3/c1-8(2)14-12(16)17-7-11(15)9-3-5-10(13)6-4-9/h3-6,8H,7H2,1-2H3,(H,14,16). The van der Waals surface area contributed by atoms with Crippen LogP contribution in [0.1, 0.15) is 24.2 Å². The molecule has 1 aromatic rings. The highest BCUT2D eigenvalue weighted by molar-refractivity contribution is 5.97. The number of rotatable bonds is 4. The average Bonchev–Trinajstić information content (AvgIpc) is 2.26. The fourth-order valence-corrected chi connectivity index (χ4v) is 1.13. The van der Waals surface area contributed by atoms with Crippen molar-refractivity contribution in [3.8, 4) is 0 Å². The van der Waals surface area contributed by atoms with Crippen LogP contribution in [0.5, 0.6) is 0 Å². The molecular formula is C12H14FNO3. The lowest BCUT2D eigenvalue weighted by Gasteiger charge is -2.08. The quantitative estimate of drug-likeness (QED) is 0.819. The number of nitrogens with one attached hydrogen (secondary N) is 1. The van der Waals surface area contributed by atoms with Gasteiger partial charge in [0.25, 0.3) is 0 Å². The van der Waals surface area contributed by atoms with Crippen molar-refractivity contribution in [1.82, 2.24) is 5.32 Å². The molecule has 1 amide bonds. The van der Waals surface area contributed by atoms with Gasteiger partial charge < -0.3 is 10.1 Å². The molecule has 0 aliphatic rings. The summed E-state index contributed by atoms with van der Waals surface area (Å²) in [5.41, 5.74) is 0.309. The van der Waals surface area contributed by atoms with Crippen molar-refractivity contribution < 1.29 is 18.7 Å². The van der Waals surface area contributed by atoms with Crippen LogP contribution in [0, 0.1) is 5.82 Å². The molecule has 17 heavy (non-hydrogen) atoms. The number of hydrogen-bond donors (Lipinski definition) is 1. The molecule has 4 nitrogen and oxygen atoms in total. The van der Waals surface area contributed by atoms with Gasteiger partial charge in [-0.15, -0.1) is 0 Å². The molecule has 0 radical (unpaired) electrons. The van der Waals surface area contributed by atoms with Crippen LogP contribution in [0.3, 0.4) is 0 Å². The van der Waals surface area contributed by atoms with E-state index in [0.717, 1.165) is 0 Å². The fourth-order valence-electron chi connectivity index (χ4n) is 1.13. The van der Waals surface area contributed by atoms with Crippen LogP contribution >= 0.6 is 0 Å². The van der Waals surface area contributed by atoms with Crippen LogP contribution < -0.4 is 5.32 Å². The molecule has 1 rings (SSSR count). The Balaban J connectivity index is 2.45. The monoisotopic (exact) mass is 239 g/mol. The molecule has 1 aromatic carbocycles. The first-order valence-electron chi connectivity index (χ1n) is 5.21. The highest BCUT2D eigenvalue weighted by Crippen LogP contribution is 2.03. The molecular weight excluding hydrogens is 225 g/mol. The summed E-state index contributed by atoms with van der Waals surface area (Å²) in [6.45, 7) is 3.20. The number of Topliss-reactive ketones (excluding diaryl/α,β-unsaturated/α-hetero) is 1. The van der Waals surface area contributed by atoms with Gasteiger partial charge in [0, 0.05) is 11.6 Å². The van der Waals surface area contributed by atoms with Crippen molar-refractivity contribution >= 4 is 11.9 Å². The van der Waals surface area contributed by atoms with Gasteiger partial charge in [-0.25, -0.2) is 9.18 Å². The molecule has 0 bridgehead atoms. The fraction of sp³-hybridized carbons (Fsp3) is 0.333. The Morgan fingerprint density at radius 2 is 1.88 bits per heavy atom. The summed E-state index contributed by atoms with van der Waals surface area (Å²) in [6, 6.07) is 5.01. The number of ketones is 1. The van der Waals surface area contributed by atoms with Crippen LogP contribution in [0.15, 0.2) is 24.3 Å². The summed E-state index contributed by atoms with van der Waals surface area (Å²) in [6.07, 6.45) is -0.643. The average molecular weight is 239 g/mol. The number of amides is 1. The first kappa shape index (κ1) is 13.2. The maximum atomic E-state index is 12.6. The van der Waals surface area contributed by atoms with E-state index in [1.807, 2.05) is 0 Å². The molecule has 0 unspecified atom stereocenters. The highest BCUT2D eigenvalue weighted by atomic mass is 19.1. The van der Waals surface area contributed by atoms with E-state index in [1.54, 1.807) is 13.8 Å². The molecule has 92 valence electrons. The maximum Gasteiger partial charge on any atom is 0.407 e. The summed E-state index contributed by atoms with van der Waals surface area (Å²) in [5.74, 6) is -0.788. The van der Waals surface area contributed by atoms with Crippen LogP contribution in [0.4, 0.5) is 9.18 Å². The summed E-state index contributed by atoms with van der Waals surface area (Å²) in [7, 11) is 0. The Bertz CT molecular complexity index is 401. The number of benzene rings is 1. The summed E-state index contributed by atoms with van der Waals surface area (Å²) in [5, 5.41) is 2.49. The minimum Gasteiger partial charge on any atom is -0.441 e. The Kier molecular flexibility index (Phi) is 4.63. The van der Waals surface area contributed by atoms with Gasteiger partial charge in [0.2, 0.25) is 0 Å². The Hall–Kier alpha value is -1.91. The van der Waals surface area contributed by atoms with E-state index < -0.39 is 11.9 Å². The second-order valence-corrected chi connectivity index (χ2v) is 3.81. The molecule has 0 aliphatic carbocycles. The molecule has 5 heteroatoms. The molecule has 0 aliphatic heterocycles. The topological polar surface area (TPSA) is 55.4 Å². The van der Waals surface area contributed by atoms with Crippen LogP contribution in [0.25, 0.3) is 0 Å². The summed E-state index contributed by atoms with van der Waals surface area (Å²) in [4.78, 5) is 22.6. The molecule has 0 fully saturated rings. The smallest absolute Gasteiger partial charge is 0.407 e. The minimum absolute atomic E-state index is 0.0524. The van der Waals surface area contributed by atoms with E-state index in [9.17, 15) is 14.0 Å². The first-order valence-corrected chi connectivity index (χ1v) is 5.21. The second-order valence-electron chi connectivity index (χ2n) is 3.81. The molecule has 0 saturated heterocycles. The minimum atomic E-state index is -0.643. The van der Waals surface area contributed by atoms with Crippen LogP contribution in [-0.4, -0.2) is 24.5 Å². The third kappa shape index (κ3) is 4.63. The Morgan fingerprint density at radius 3 is 2.41 bits per heavy atom. The van der Waals surface area contributed by atoms with Crippen LogP contribution in [-0.2, 0) is 4.74 Å². The summed E-state index contributed by atoms with van der Waals surface area (Å²) >= 11 is 0. The predicted octanol–water partition coefficient (Wildman–Crippen LogP) is 2.14. The zero-order valence-electron chi connectivity index (χ0n) is 9.70. The van der Waals surface area contributed by atoms with Crippen molar-refractivity contribution in [3.63, 3.8) is 0 Å². The van der Waals surface area contributed by atoms with Gasteiger partial charge in [0.05, 0.1) is 0 Å². The van der Waals surface area contributed by atoms with E-state index >= 15 is 0 Å². The lowest BCUT2D eigenvalue weighted by molar-refractivity contribution is 0.0840. The van der Waals surface area contributed by atoms with Gasteiger partial charge in [-0.2, -0.15) is 0 Å². The Labute approximate surface area is 98.8 Å². The second kappa shape index (κ2) is 5.98. The SMILES string of the molecule is CC(C)NC(=O)OCC(=O)c1ccc(F)cc1. The number of alkyl carbamates (subject to hydrolysis) is 1. The predicted molar refractivity (Wildman–Crippen MR) is 60.4 cm³/mol. The lowest BCUT2D eigenvalue weighted by Crippen LogP contribution is -2.32. The first-order chi connectivity index (χ1) is 7.99. The third-order valence-electron chi connectivity index (χ3n) is 1.91. The van der Waals surface area contributed by atoms with E-state index in [0.29, 0.717) is 5.56 Å². The van der Waals surface area contributed by atoms with Gasteiger partial charge in [0.15, 0.2) is 12.4 Å². The molecule has 0 aromatic heterocycles. The van der Waals surface area contributed by atoms with Gasteiger partial charge in [-0.05, 0) is 38.1 Å². The zero-order valence-corrected chi connectivity index (χ0v) is 9.70. The molecule has 0 saturated carbocycles.